The fourth-order valence-corrected chi connectivity index (χ4v) is 3.56. The average molecular weight is 425 g/mol. The highest BCUT2D eigenvalue weighted by atomic mass is 35.5. The molecular weight excluding hydrogens is 413 g/mol. The van der Waals surface area contributed by atoms with Gasteiger partial charge in [0.1, 0.15) is 5.15 Å². The molecular formula is C18H12Cl3N3OS. The lowest BCUT2D eigenvalue weighted by molar-refractivity contribution is 0.0989. The Labute approximate surface area is 169 Å². The molecule has 0 radical (unpaired) electrons. The van der Waals surface area contributed by atoms with Crippen molar-refractivity contribution in [2.75, 3.05) is 11.4 Å². The number of pyridine rings is 1. The average Bonchev–Trinajstić information content (AvgIpc) is 3.11. The van der Waals surface area contributed by atoms with Crippen LogP contribution in [0.15, 0.2) is 54.6 Å². The van der Waals surface area contributed by atoms with Crippen molar-refractivity contribution in [2.24, 2.45) is 0 Å². The summed E-state index contributed by atoms with van der Waals surface area (Å²) in [6.45, 7) is 4.03. The van der Waals surface area contributed by atoms with E-state index in [0.29, 0.717) is 33.0 Å². The summed E-state index contributed by atoms with van der Waals surface area (Å²) in [7, 11) is 0. The van der Waals surface area contributed by atoms with E-state index in [-0.39, 0.29) is 11.1 Å². The zero-order chi connectivity index (χ0) is 18.7. The lowest BCUT2D eigenvalue weighted by Gasteiger charge is -2.18. The molecule has 4 nitrogen and oxygen atoms in total. The van der Waals surface area contributed by atoms with E-state index in [1.807, 2.05) is 11.4 Å². The van der Waals surface area contributed by atoms with Gasteiger partial charge in [-0.2, -0.15) is 0 Å². The van der Waals surface area contributed by atoms with Crippen LogP contribution in [0.2, 0.25) is 15.2 Å². The lowest BCUT2D eigenvalue weighted by Crippen LogP contribution is -2.31. The van der Waals surface area contributed by atoms with Crippen molar-refractivity contribution in [3.05, 3.63) is 75.3 Å². The fourth-order valence-electron chi connectivity index (χ4n) is 2.24. The predicted octanol–water partition coefficient (Wildman–Crippen LogP) is 6.00. The van der Waals surface area contributed by atoms with E-state index < -0.39 is 0 Å². The van der Waals surface area contributed by atoms with Gasteiger partial charge in [0, 0.05) is 29.2 Å². The van der Waals surface area contributed by atoms with Gasteiger partial charge in [-0.1, -0.05) is 46.9 Å². The second-order valence-corrected chi connectivity index (χ2v) is 7.25. The molecule has 2 aromatic heterocycles. The molecule has 0 saturated heterocycles. The van der Waals surface area contributed by atoms with Crippen molar-refractivity contribution in [3.63, 3.8) is 0 Å². The number of hydrogen-bond acceptors (Lipinski definition) is 4. The first-order valence-corrected chi connectivity index (χ1v) is 9.46. The van der Waals surface area contributed by atoms with E-state index in [2.05, 4.69) is 16.5 Å². The smallest absolute Gasteiger partial charge is 0.260 e. The van der Waals surface area contributed by atoms with Gasteiger partial charge in [0.15, 0.2) is 5.13 Å². The van der Waals surface area contributed by atoms with Gasteiger partial charge in [0.05, 0.1) is 15.7 Å². The quantitative estimate of drug-likeness (QED) is 0.373. The second kappa shape index (κ2) is 8.18. The molecule has 3 aromatic rings. The molecule has 2 heterocycles. The van der Waals surface area contributed by atoms with Crippen molar-refractivity contribution in [2.45, 2.75) is 0 Å². The highest BCUT2D eigenvalue weighted by molar-refractivity contribution is 7.14. The molecule has 132 valence electrons. The first-order valence-electron chi connectivity index (χ1n) is 7.45. The van der Waals surface area contributed by atoms with Crippen LogP contribution in [0.4, 0.5) is 5.13 Å². The molecule has 0 N–H and O–H groups in total. The van der Waals surface area contributed by atoms with E-state index in [4.69, 9.17) is 34.8 Å². The molecule has 0 bridgehead atoms. The van der Waals surface area contributed by atoms with Gasteiger partial charge in [-0.3, -0.25) is 9.69 Å². The summed E-state index contributed by atoms with van der Waals surface area (Å²) in [5.74, 6) is -0.232. The van der Waals surface area contributed by atoms with Crippen LogP contribution in [0.1, 0.15) is 10.4 Å². The van der Waals surface area contributed by atoms with Crippen LogP contribution in [0.3, 0.4) is 0 Å². The Morgan fingerprint density at radius 1 is 1.19 bits per heavy atom. The van der Waals surface area contributed by atoms with Crippen molar-refractivity contribution in [3.8, 4) is 11.3 Å². The number of amides is 1. The number of halogens is 3. The van der Waals surface area contributed by atoms with Crippen molar-refractivity contribution in [1.82, 2.24) is 9.97 Å². The summed E-state index contributed by atoms with van der Waals surface area (Å²) in [5.41, 5.74) is 1.95. The van der Waals surface area contributed by atoms with Crippen LogP contribution in [0.5, 0.6) is 0 Å². The van der Waals surface area contributed by atoms with Crippen LogP contribution >= 0.6 is 46.1 Å². The Balaban J connectivity index is 1.94. The van der Waals surface area contributed by atoms with E-state index in [0.717, 1.165) is 5.56 Å². The lowest BCUT2D eigenvalue weighted by atomic mass is 10.2. The van der Waals surface area contributed by atoms with Crippen molar-refractivity contribution < 1.29 is 4.79 Å². The normalized spacial score (nSPS) is 10.6. The molecule has 0 atom stereocenters. The summed E-state index contributed by atoms with van der Waals surface area (Å²) >= 11 is 19.3. The SMILES string of the molecule is C=CCN(C(=O)c1ccnc(Cl)c1)c1nc(-c2ccc(Cl)c(Cl)c2)cs1. The summed E-state index contributed by atoms with van der Waals surface area (Å²) in [6, 6.07) is 8.41. The minimum absolute atomic E-state index is 0.232. The van der Waals surface area contributed by atoms with Crippen LogP contribution in [0, 0.1) is 0 Å². The number of benzene rings is 1. The molecule has 0 unspecified atom stereocenters. The number of hydrogen-bond donors (Lipinski definition) is 0. The number of anilines is 1. The first-order chi connectivity index (χ1) is 12.5. The van der Waals surface area contributed by atoms with E-state index in [1.54, 1.807) is 24.3 Å². The zero-order valence-corrected chi connectivity index (χ0v) is 16.4. The molecule has 0 saturated carbocycles. The van der Waals surface area contributed by atoms with Gasteiger partial charge >= 0.3 is 0 Å². The number of nitrogens with zero attached hydrogens (tertiary/aromatic N) is 3. The molecule has 0 aliphatic rings. The Hall–Kier alpha value is -1.92. The van der Waals surface area contributed by atoms with E-state index >= 15 is 0 Å². The topological polar surface area (TPSA) is 46.1 Å². The zero-order valence-electron chi connectivity index (χ0n) is 13.3. The third-order valence-electron chi connectivity index (χ3n) is 3.47. The van der Waals surface area contributed by atoms with Crippen LogP contribution in [0.25, 0.3) is 11.3 Å². The number of thiazole rings is 1. The maximum absolute atomic E-state index is 12.9. The van der Waals surface area contributed by atoms with Gasteiger partial charge in [-0.15, -0.1) is 17.9 Å². The summed E-state index contributed by atoms with van der Waals surface area (Å²) in [6.07, 6.45) is 3.13. The summed E-state index contributed by atoms with van der Waals surface area (Å²) < 4.78 is 0. The Morgan fingerprint density at radius 3 is 2.69 bits per heavy atom. The predicted molar refractivity (Wildman–Crippen MR) is 109 cm³/mol. The van der Waals surface area contributed by atoms with Crippen LogP contribution in [-0.2, 0) is 0 Å². The highest BCUT2D eigenvalue weighted by Gasteiger charge is 2.20. The maximum atomic E-state index is 12.9. The number of carbonyl (C=O) groups is 1. The number of rotatable bonds is 5. The summed E-state index contributed by atoms with van der Waals surface area (Å²) in [5, 5.41) is 3.58. The van der Waals surface area contributed by atoms with Crippen LogP contribution in [-0.4, -0.2) is 22.4 Å². The summed E-state index contributed by atoms with van der Waals surface area (Å²) in [4.78, 5) is 22.8. The molecule has 1 amide bonds. The highest BCUT2D eigenvalue weighted by Crippen LogP contribution is 2.32. The Morgan fingerprint density at radius 2 is 2.00 bits per heavy atom. The Bertz CT molecular complexity index is 974. The van der Waals surface area contributed by atoms with E-state index in [9.17, 15) is 4.79 Å². The number of carbonyl (C=O) groups excluding carboxylic acids is 1. The first kappa shape index (κ1) is 18.9. The van der Waals surface area contributed by atoms with Gasteiger partial charge in [-0.05, 0) is 24.3 Å². The minimum Gasteiger partial charge on any atom is -0.280 e. The minimum atomic E-state index is -0.232. The molecule has 1 aromatic carbocycles. The third kappa shape index (κ3) is 4.07. The van der Waals surface area contributed by atoms with E-state index in [1.165, 1.54) is 28.5 Å². The fraction of sp³-hybridized carbons (Fsp3) is 0.0556. The molecule has 0 aliphatic carbocycles. The van der Waals surface area contributed by atoms with Crippen LogP contribution < -0.4 is 4.90 Å². The largest absolute Gasteiger partial charge is 0.280 e. The molecule has 26 heavy (non-hydrogen) atoms. The van der Waals surface area contributed by atoms with Gasteiger partial charge in [-0.25, -0.2) is 9.97 Å². The molecule has 0 fully saturated rings. The molecule has 3 rings (SSSR count). The Kier molecular flexibility index (Phi) is 5.94. The van der Waals surface area contributed by atoms with Gasteiger partial charge in [0.2, 0.25) is 0 Å². The number of aromatic nitrogens is 2. The van der Waals surface area contributed by atoms with Gasteiger partial charge < -0.3 is 0 Å². The molecule has 8 heteroatoms. The monoisotopic (exact) mass is 423 g/mol. The standard InChI is InChI=1S/C18H12Cl3N3OS/c1-2-7-24(17(25)12-5-6-22-16(21)9-12)18-23-15(10-26-18)11-3-4-13(19)14(20)8-11/h2-6,8-10H,1,7H2. The maximum Gasteiger partial charge on any atom is 0.260 e. The molecule has 0 spiro atoms. The van der Waals surface area contributed by atoms with Crippen molar-refractivity contribution >= 4 is 57.2 Å². The molecule has 0 aliphatic heterocycles. The van der Waals surface area contributed by atoms with Gasteiger partial charge in [0.25, 0.3) is 5.91 Å². The van der Waals surface area contributed by atoms with Crippen molar-refractivity contribution in [1.29, 1.82) is 0 Å². The third-order valence-corrected chi connectivity index (χ3v) is 5.28. The second-order valence-electron chi connectivity index (χ2n) is 5.22.